The highest BCUT2D eigenvalue weighted by Gasteiger charge is 2.07. The van der Waals surface area contributed by atoms with Crippen molar-refractivity contribution in [2.75, 3.05) is 5.73 Å². The molecule has 0 unspecified atom stereocenters. The Bertz CT molecular complexity index is 722. The van der Waals surface area contributed by atoms with E-state index in [0.717, 1.165) is 11.1 Å². The van der Waals surface area contributed by atoms with Gasteiger partial charge in [0, 0.05) is 18.5 Å². The number of hydrogen-bond donors (Lipinski definition) is 1. The zero-order valence-corrected chi connectivity index (χ0v) is 10.4. The van der Waals surface area contributed by atoms with Gasteiger partial charge in [-0.05, 0) is 24.6 Å². The molecule has 0 spiro atoms. The van der Waals surface area contributed by atoms with Crippen LogP contribution in [0.1, 0.15) is 5.56 Å². The van der Waals surface area contributed by atoms with Gasteiger partial charge in [-0.3, -0.25) is 4.98 Å². The van der Waals surface area contributed by atoms with Crippen LogP contribution in [0.25, 0.3) is 11.2 Å². The first-order valence-electron chi connectivity index (χ1n) is 5.85. The molecule has 0 bridgehead atoms. The van der Waals surface area contributed by atoms with Crippen molar-refractivity contribution in [1.29, 1.82) is 0 Å². The van der Waals surface area contributed by atoms with Gasteiger partial charge in [-0.15, -0.1) is 0 Å². The first-order chi connectivity index (χ1) is 9.24. The van der Waals surface area contributed by atoms with Crippen LogP contribution >= 0.6 is 0 Å². The van der Waals surface area contributed by atoms with Crippen molar-refractivity contribution in [1.82, 2.24) is 15.0 Å². The summed E-state index contributed by atoms with van der Waals surface area (Å²) in [6.07, 6.45) is 3.23. The van der Waals surface area contributed by atoms with Gasteiger partial charge in [0.25, 0.3) is 0 Å². The largest absolute Gasteiger partial charge is 0.437 e. The molecule has 0 fully saturated rings. The van der Waals surface area contributed by atoms with Gasteiger partial charge in [-0.1, -0.05) is 12.1 Å². The summed E-state index contributed by atoms with van der Waals surface area (Å²) < 4.78 is 5.74. The van der Waals surface area contributed by atoms with E-state index < -0.39 is 0 Å². The molecule has 0 atom stereocenters. The quantitative estimate of drug-likeness (QED) is 0.710. The van der Waals surface area contributed by atoms with Crippen LogP contribution in [-0.2, 0) is 0 Å². The number of pyridine rings is 1. The first-order valence-corrected chi connectivity index (χ1v) is 5.85. The van der Waals surface area contributed by atoms with Crippen LogP contribution < -0.4 is 10.5 Å². The van der Waals surface area contributed by atoms with Crippen molar-refractivity contribution < 1.29 is 4.74 Å². The van der Waals surface area contributed by atoms with Crippen LogP contribution in [-0.4, -0.2) is 15.0 Å². The zero-order valence-electron chi connectivity index (χ0n) is 10.4. The number of anilines is 1. The number of ether oxygens (including phenoxy) is 1. The van der Waals surface area contributed by atoms with E-state index in [1.165, 1.54) is 0 Å². The zero-order chi connectivity index (χ0) is 13.2. The smallest absolute Gasteiger partial charge is 0.221 e. The fourth-order valence-electron chi connectivity index (χ4n) is 1.81. The average Bonchev–Trinajstić information content (AvgIpc) is 2.43. The molecule has 0 amide bonds. The van der Waals surface area contributed by atoms with E-state index in [4.69, 9.17) is 10.5 Å². The highest BCUT2D eigenvalue weighted by molar-refractivity contribution is 5.69. The predicted octanol–water partition coefficient (Wildman–Crippen LogP) is 2.71. The number of aromatic nitrogens is 3. The van der Waals surface area contributed by atoms with Crippen molar-refractivity contribution >= 4 is 16.9 Å². The molecule has 3 aromatic rings. The van der Waals surface area contributed by atoms with Gasteiger partial charge in [-0.2, -0.15) is 4.98 Å². The minimum absolute atomic E-state index is 0.453. The summed E-state index contributed by atoms with van der Waals surface area (Å²) in [5.41, 5.74) is 8.72. The maximum absolute atomic E-state index is 5.90. The summed E-state index contributed by atoms with van der Waals surface area (Å²) in [5, 5.41) is 0. The van der Waals surface area contributed by atoms with Crippen molar-refractivity contribution in [3.8, 4) is 11.6 Å². The van der Waals surface area contributed by atoms with Gasteiger partial charge in [-0.25, -0.2) is 4.98 Å². The lowest BCUT2D eigenvalue weighted by Crippen LogP contribution is -1.96. The molecule has 0 saturated heterocycles. The van der Waals surface area contributed by atoms with E-state index in [0.29, 0.717) is 23.0 Å². The molecule has 0 aliphatic rings. The molecule has 5 heteroatoms. The second-order valence-electron chi connectivity index (χ2n) is 4.14. The van der Waals surface area contributed by atoms with Crippen LogP contribution in [0, 0.1) is 6.92 Å². The maximum Gasteiger partial charge on any atom is 0.221 e. The minimum Gasteiger partial charge on any atom is -0.437 e. The van der Waals surface area contributed by atoms with E-state index in [-0.39, 0.29) is 0 Å². The molecule has 3 rings (SSSR count). The minimum atomic E-state index is 0.453. The third kappa shape index (κ3) is 2.18. The standard InChI is InChI=1S/C14H12N4O/c1-9-3-2-4-10(15)13(9)19-12-6-5-11-14(18-12)17-8-7-16-11/h2-8H,15H2,1H3. The number of nitrogen functional groups attached to an aromatic ring is 1. The van der Waals surface area contributed by atoms with Gasteiger partial charge in [0.15, 0.2) is 11.4 Å². The average molecular weight is 252 g/mol. The summed E-state index contributed by atoms with van der Waals surface area (Å²) >= 11 is 0. The summed E-state index contributed by atoms with van der Waals surface area (Å²) in [5.74, 6) is 1.08. The summed E-state index contributed by atoms with van der Waals surface area (Å²) in [4.78, 5) is 12.6. The molecule has 2 aromatic heterocycles. The summed E-state index contributed by atoms with van der Waals surface area (Å²) in [6, 6.07) is 9.19. The van der Waals surface area contributed by atoms with Gasteiger partial charge in [0.05, 0.1) is 5.69 Å². The number of fused-ring (bicyclic) bond motifs is 1. The number of nitrogens with zero attached hydrogens (tertiary/aromatic N) is 3. The Morgan fingerprint density at radius 2 is 1.89 bits per heavy atom. The molecule has 2 N–H and O–H groups in total. The van der Waals surface area contributed by atoms with Gasteiger partial charge < -0.3 is 10.5 Å². The third-order valence-electron chi connectivity index (χ3n) is 2.76. The van der Waals surface area contributed by atoms with Gasteiger partial charge in [0.2, 0.25) is 5.88 Å². The Morgan fingerprint density at radius 1 is 1.05 bits per heavy atom. The Morgan fingerprint density at radius 3 is 2.74 bits per heavy atom. The maximum atomic E-state index is 5.90. The summed E-state index contributed by atoms with van der Waals surface area (Å²) in [6.45, 7) is 1.94. The van der Waals surface area contributed by atoms with Crippen molar-refractivity contribution in [2.45, 2.75) is 6.92 Å². The molecule has 0 saturated carbocycles. The van der Waals surface area contributed by atoms with E-state index >= 15 is 0 Å². The monoisotopic (exact) mass is 252 g/mol. The SMILES string of the molecule is Cc1cccc(N)c1Oc1ccc2nccnc2n1. The number of hydrogen-bond acceptors (Lipinski definition) is 5. The van der Waals surface area contributed by atoms with Crippen LogP contribution in [0.3, 0.4) is 0 Å². The molecule has 1 aromatic carbocycles. The fourth-order valence-corrected chi connectivity index (χ4v) is 1.81. The van der Waals surface area contributed by atoms with Crippen molar-refractivity contribution in [3.63, 3.8) is 0 Å². The molecule has 2 heterocycles. The number of rotatable bonds is 2. The lowest BCUT2D eigenvalue weighted by molar-refractivity contribution is 0.463. The van der Waals surface area contributed by atoms with Crippen LogP contribution in [0.15, 0.2) is 42.7 Å². The van der Waals surface area contributed by atoms with Crippen LogP contribution in [0.4, 0.5) is 5.69 Å². The highest BCUT2D eigenvalue weighted by Crippen LogP contribution is 2.30. The van der Waals surface area contributed by atoms with E-state index in [2.05, 4.69) is 15.0 Å². The molecule has 0 radical (unpaired) electrons. The van der Waals surface area contributed by atoms with E-state index in [1.54, 1.807) is 24.5 Å². The number of benzene rings is 1. The number of para-hydroxylation sites is 1. The lowest BCUT2D eigenvalue weighted by Gasteiger charge is -2.10. The molecule has 19 heavy (non-hydrogen) atoms. The molecule has 0 aliphatic heterocycles. The molecular weight excluding hydrogens is 240 g/mol. The number of aryl methyl sites for hydroxylation is 1. The topological polar surface area (TPSA) is 73.9 Å². The van der Waals surface area contributed by atoms with Crippen molar-refractivity contribution in [3.05, 3.63) is 48.3 Å². The van der Waals surface area contributed by atoms with Gasteiger partial charge in [0.1, 0.15) is 5.52 Å². The fraction of sp³-hybridized carbons (Fsp3) is 0.0714. The summed E-state index contributed by atoms with van der Waals surface area (Å²) in [7, 11) is 0. The first kappa shape index (κ1) is 11.4. The molecular formula is C14H12N4O. The Hall–Kier alpha value is -2.69. The molecule has 5 nitrogen and oxygen atoms in total. The molecule has 0 aliphatic carbocycles. The second-order valence-corrected chi connectivity index (χ2v) is 4.14. The van der Waals surface area contributed by atoms with E-state index in [1.807, 2.05) is 25.1 Å². The Kier molecular flexibility index (Phi) is 2.72. The van der Waals surface area contributed by atoms with Gasteiger partial charge >= 0.3 is 0 Å². The number of nitrogens with two attached hydrogens (primary N) is 1. The van der Waals surface area contributed by atoms with Crippen LogP contribution in [0.5, 0.6) is 11.6 Å². The Balaban J connectivity index is 2.01. The van der Waals surface area contributed by atoms with Crippen molar-refractivity contribution in [2.24, 2.45) is 0 Å². The highest BCUT2D eigenvalue weighted by atomic mass is 16.5. The van der Waals surface area contributed by atoms with Crippen LogP contribution in [0.2, 0.25) is 0 Å². The Labute approximate surface area is 110 Å². The predicted molar refractivity (Wildman–Crippen MR) is 73.0 cm³/mol. The third-order valence-corrected chi connectivity index (χ3v) is 2.76. The second kappa shape index (κ2) is 4.53. The normalized spacial score (nSPS) is 10.6. The lowest BCUT2D eigenvalue weighted by atomic mass is 10.2. The van der Waals surface area contributed by atoms with E-state index in [9.17, 15) is 0 Å². The molecule has 94 valence electrons.